The molecule has 0 amide bonds. The molecule has 0 aliphatic heterocycles. The van der Waals surface area contributed by atoms with Gasteiger partial charge in [-0.05, 0) is 19.2 Å². The monoisotopic (exact) mass is 292 g/mol. The molecule has 0 fully saturated rings. The van der Waals surface area contributed by atoms with E-state index in [-0.39, 0.29) is 10.6 Å². The van der Waals surface area contributed by atoms with E-state index < -0.39 is 22.6 Å². The molecule has 1 aromatic carbocycles. The zero-order chi connectivity index (χ0) is 15.5. The molecule has 110 valence electrons. The lowest BCUT2D eigenvalue weighted by atomic mass is 10.3. The molecule has 5 N–H and O–H groups in total. The molecule has 0 aliphatic carbocycles. The minimum atomic E-state index is -4.34. The van der Waals surface area contributed by atoms with Gasteiger partial charge in [0, 0.05) is 0 Å². The highest BCUT2D eigenvalue weighted by molar-refractivity contribution is 7.86. The van der Waals surface area contributed by atoms with E-state index >= 15 is 0 Å². The fourth-order valence-corrected chi connectivity index (χ4v) is 1.68. The molecule has 1 rings (SSSR count). The summed E-state index contributed by atoms with van der Waals surface area (Å²) in [7, 11) is -2.84. The number of para-hydroxylation sites is 1. The molecule has 0 saturated heterocycles. The molecule has 0 aromatic heterocycles. The SMILES string of the molecule is CC.CN.O=C(O)CNc1ccccc1S(=O)(=O)O. The van der Waals surface area contributed by atoms with E-state index in [1.165, 1.54) is 31.3 Å². The number of aliphatic carboxylic acids is 1. The van der Waals surface area contributed by atoms with Crippen LogP contribution in [0.25, 0.3) is 0 Å². The minimum Gasteiger partial charge on any atom is -0.480 e. The third-order valence-corrected chi connectivity index (χ3v) is 2.51. The topological polar surface area (TPSA) is 130 Å². The molecular weight excluding hydrogens is 272 g/mol. The van der Waals surface area contributed by atoms with Crippen LogP contribution in [0.1, 0.15) is 13.8 Å². The predicted octanol–water partition coefficient (Wildman–Crippen LogP) is 1.03. The minimum absolute atomic E-state index is 0.0578. The highest BCUT2D eigenvalue weighted by atomic mass is 32.2. The Morgan fingerprint density at radius 1 is 1.26 bits per heavy atom. The normalized spacial score (nSPS) is 9.32. The second kappa shape index (κ2) is 10.3. The number of nitrogens with two attached hydrogens (primary N) is 1. The number of rotatable bonds is 4. The Balaban J connectivity index is 0. The third kappa shape index (κ3) is 8.14. The zero-order valence-corrected chi connectivity index (χ0v) is 11.9. The Morgan fingerprint density at radius 2 is 1.74 bits per heavy atom. The maximum Gasteiger partial charge on any atom is 0.322 e. The number of hydrogen-bond acceptors (Lipinski definition) is 5. The second-order valence-corrected chi connectivity index (χ2v) is 4.11. The van der Waals surface area contributed by atoms with Gasteiger partial charge in [-0.2, -0.15) is 8.42 Å². The van der Waals surface area contributed by atoms with Crippen molar-refractivity contribution in [1.29, 1.82) is 0 Å². The lowest BCUT2D eigenvalue weighted by molar-refractivity contribution is -0.134. The van der Waals surface area contributed by atoms with Gasteiger partial charge >= 0.3 is 5.97 Å². The van der Waals surface area contributed by atoms with Crippen LogP contribution in [0.4, 0.5) is 5.69 Å². The highest BCUT2D eigenvalue weighted by Gasteiger charge is 2.14. The van der Waals surface area contributed by atoms with Crippen LogP contribution in [0.5, 0.6) is 0 Å². The molecule has 8 heteroatoms. The van der Waals surface area contributed by atoms with Crippen molar-refractivity contribution in [1.82, 2.24) is 0 Å². The summed E-state index contributed by atoms with van der Waals surface area (Å²) in [5.41, 5.74) is 4.56. The summed E-state index contributed by atoms with van der Waals surface area (Å²) in [6.45, 7) is 3.58. The smallest absolute Gasteiger partial charge is 0.322 e. The third-order valence-electron chi connectivity index (χ3n) is 1.60. The fraction of sp³-hybridized carbons (Fsp3) is 0.364. The summed E-state index contributed by atoms with van der Waals surface area (Å²) in [6.07, 6.45) is 0. The van der Waals surface area contributed by atoms with Crippen LogP contribution in [-0.2, 0) is 14.9 Å². The number of nitrogens with one attached hydrogen (secondary N) is 1. The first-order chi connectivity index (χ1) is 8.91. The van der Waals surface area contributed by atoms with Crippen molar-refractivity contribution in [3.05, 3.63) is 24.3 Å². The van der Waals surface area contributed by atoms with Crippen molar-refractivity contribution in [2.75, 3.05) is 18.9 Å². The van der Waals surface area contributed by atoms with E-state index in [0.29, 0.717) is 0 Å². The summed E-state index contributed by atoms with van der Waals surface area (Å²) in [5.74, 6) is -1.12. The number of carboxylic acid groups (broad SMARTS) is 1. The molecule has 0 radical (unpaired) electrons. The predicted molar refractivity (Wildman–Crippen MR) is 73.8 cm³/mol. The van der Waals surface area contributed by atoms with E-state index in [1.54, 1.807) is 0 Å². The number of anilines is 1. The van der Waals surface area contributed by atoms with Crippen molar-refractivity contribution < 1.29 is 22.9 Å². The molecule has 7 nitrogen and oxygen atoms in total. The first-order valence-electron chi connectivity index (χ1n) is 5.51. The van der Waals surface area contributed by atoms with Gasteiger partial charge < -0.3 is 16.2 Å². The van der Waals surface area contributed by atoms with Crippen LogP contribution in [0.15, 0.2) is 29.2 Å². The highest BCUT2D eigenvalue weighted by Crippen LogP contribution is 2.19. The fourth-order valence-electron chi connectivity index (χ4n) is 1.01. The molecule has 0 spiro atoms. The Kier molecular flexibility index (Phi) is 10.7. The average Bonchev–Trinajstić information content (AvgIpc) is 2.40. The van der Waals surface area contributed by atoms with Crippen molar-refractivity contribution in [3.8, 4) is 0 Å². The van der Waals surface area contributed by atoms with Gasteiger partial charge in [0.1, 0.15) is 11.4 Å². The van der Waals surface area contributed by atoms with Crippen LogP contribution >= 0.6 is 0 Å². The van der Waals surface area contributed by atoms with Crippen molar-refractivity contribution in [2.24, 2.45) is 5.73 Å². The molecule has 0 heterocycles. The van der Waals surface area contributed by atoms with E-state index in [2.05, 4.69) is 11.1 Å². The van der Waals surface area contributed by atoms with Crippen LogP contribution in [-0.4, -0.2) is 37.6 Å². The molecule has 19 heavy (non-hydrogen) atoms. The van der Waals surface area contributed by atoms with Crippen LogP contribution in [0, 0.1) is 0 Å². The maximum absolute atomic E-state index is 10.9. The van der Waals surface area contributed by atoms with Crippen molar-refractivity contribution >= 4 is 21.8 Å². The lowest BCUT2D eigenvalue weighted by Gasteiger charge is -2.07. The Bertz CT molecular complexity index is 474. The van der Waals surface area contributed by atoms with E-state index in [9.17, 15) is 13.2 Å². The first kappa shape index (κ1) is 19.7. The van der Waals surface area contributed by atoms with Gasteiger partial charge in [0.15, 0.2) is 0 Å². The largest absolute Gasteiger partial charge is 0.480 e. The second-order valence-electron chi connectivity index (χ2n) is 2.72. The van der Waals surface area contributed by atoms with Crippen LogP contribution in [0.3, 0.4) is 0 Å². The van der Waals surface area contributed by atoms with Crippen LogP contribution < -0.4 is 11.1 Å². The number of carboxylic acids is 1. The van der Waals surface area contributed by atoms with Gasteiger partial charge in [-0.25, -0.2) is 0 Å². The number of benzene rings is 1. The Hall–Kier alpha value is -1.64. The quantitative estimate of drug-likeness (QED) is 0.610. The van der Waals surface area contributed by atoms with Gasteiger partial charge in [0.05, 0.1) is 5.69 Å². The summed E-state index contributed by atoms with van der Waals surface area (Å²) >= 11 is 0. The molecular formula is C11H20N2O5S. The molecule has 0 saturated carbocycles. The van der Waals surface area contributed by atoms with Gasteiger partial charge in [-0.3, -0.25) is 9.35 Å². The number of hydrogen-bond donors (Lipinski definition) is 4. The van der Waals surface area contributed by atoms with Gasteiger partial charge in [0.25, 0.3) is 10.1 Å². The van der Waals surface area contributed by atoms with E-state index in [1.807, 2.05) is 13.8 Å². The van der Waals surface area contributed by atoms with E-state index in [4.69, 9.17) is 9.66 Å². The van der Waals surface area contributed by atoms with Crippen LogP contribution in [0.2, 0.25) is 0 Å². The van der Waals surface area contributed by atoms with Crippen molar-refractivity contribution in [2.45, 2.75) is 18.7 Å². The van der Waals surface area contributed by atoms with E-state index in [0.717, 1.165) is 0 Å². The van der Waals surface area contributed by atoms with Gasteiger partial charge in [-0.1, -0.05) is 26.0 Å². The summed E-state index contributed by atoms with van der Waals surface area (Å²) in [6, 6.07) is 5.50. The summed E-state index contributed by atoms with van der Waals surface area (Å²) < 4.78 is 30.6. The summed E-state index contributed by atoms with van der Waals surface area (Å²) in [4.78, 5) is 9.92. The molecule has 0 aliphatic rings. The molecule has 1 aromatic rings. The first-order valence-corrected chi connectivity index (χ1v) is 6.95. The van der Waals surface area contributed by atoms with Gasteiger partial charge in [0.2, 0.25) is 0 Å². The Morgan fingerprint density at radius 3 is 2.16 bits per heavy atom. The molecule has 0 bridgehead atoms. The lowest BCUT2D eigenvalue weighted by Crippen LogP contribution is -2.14. The standard InChI is InChI=1S/C8H9NO5S.C2H6.CH5N/c10-8(11)5-9-6-3-1-2-4-7(6)15(12,13)14;2*1-2/h1-4,9H,5H2,(H,10,11)(H,12,13,14);1-2H3;2H2,1H3. The summed E-state index contributed by atoms with van der Waals surface area (Å²) in [5, 5.41) is 10.8. The number of carbonyl (C=O) groups is 1. The molecule has 0 unspecified atom stereocenters. The van der Waals surface area contributed by atoms with Crippen molar-refractivity contribution in [3.63, 3.8) is 0 Å². The Labute approximate surface area is 113 Å². The van der Waals surface area contributed by atoms with Gasteiger partial charge in [-0.15, -0.1) is 0 Å². The zero-order valence-electron chi connectivity index (χ0n) is 11.1. The molecule has 0 atom stereocenters. The average molecular weight is 292 g/mol. The maximum atomic E-state index is 10.9.